The number of allylic oxidation sites excluding steroid dienone is 2. The van der Waals surface area contributed by atoms with Crippen LogP contribution in [-0.2, 0) is 9.53 Å². The molecule has 0 bridgehead atoms. The molecule has 0 aromatic rings. The van der Waals surface area contributed by atoms with Gasteiger partial charge in [-0.25, -0.2) is 0 Å². The predicted molar refractivity (Wildman–Crippen MR) is 50.2 cm³/mol. The lowest BCUT2D eigenvalue weighted by Gasteiger charge is -1.96. The van der Waals surface area contributed by atoms with Gasteiger partial charge < -0.3 is 4.74 Å². The Morgan fingerprint density at radius 2 is 2.00 bits per heavy atom. The molecule has 0 saturated heterocycles. The molecular formula is C8H10Cl2O2. The van der Waals surface area contributed by atoms with Crippen LogP contribution in [0.1, 0.15) is 13.8 Å². The average molecular weight is 209 g/mol. The first-order valence-corrected chi connectivity index (χ1v) is 4.11. The van der Waals surface area contributed by atoms with Gasteiger partial charge in [0, 0.05) is 6.92 Å². The minimum Gasteiger partial charge on any atom is -0.462 e. The number of rotatable bonds is 3. The van der Waals surface area contributed by atoms with E-state index in [1.807, 2.05) is 6.92 Å². The van der Waals surface area contributed by atoms with E-state index >= 15 is 0 Å². The summed E-state index contributed by atoms with van der Waals surface area (Å²) >= 11 is 10.8. The Balaban J connectivity index is 3.85. The minimum absolute atomic E-state index is 0.187. The molecule has 0 radical (unpaired) electrons. The molecule has 0 aromatic carbocycles. The second-order valence-corrected chi connectivity index (χ2v) is 3.19. The summed E-state index contributed by atoms with van der Waals surface area (Å²) < 4.78 is 4.85. The van der Waals surface area contributed by atoms with Gasteiger partial charge in [0.1, 0.15) is 11.1 Å². The van der Waals surface area contributed by atoms with Crippen molar-refractivity contribution >= 4 is 29.2 Å². The molecule has 0 N–H and O–H groups in total. The monoisotopic (exact) mass is 208 g/mol. The Hall–Kier alpha value is -0.470. The molecule has 0 spiro atoms. The number of esters is 1. The maximum absolute atomic E-state index is 10.3. The molecule has 12 heavy (non-hydrogen) atoms. The van der Waals surface area contributed by atoms with Crippen molar-refractivity contribution in [1.29, 1.82) is 0 Å². The second kappa shape index (κ2) is 6.09. The Morgan fingerprint density at radius 3 is 2.42 bits per heavy atom. The van der Waals surface area contributed by atoms with Crippen LogP contribution in [0.5, 0.6) is 0 Å². The molecule has 2 nitrogen and oxygen atoms in total. The third-order valence-corrected chi connectivity index (χ3v) is 1.25. The first-order chi connectivity index (χ1) is 5.52. The second-order valence-electron chi connectivity index (χ2n) is 2.18. The van der Waals surface area contributed by atoms with E-state index in [4.69, 9.17) is 23.2 Å². The molecule has 0 aromatic heterocycles. The molecule has 68 valence electrons. The van der Waals surface area contributed by atoms with Crippen LogP contribution in [0, 0.1) is 0 Å². The maximum atomic E-state index is 10.3. The van der Waals surface area contributed by atoms with Crippen molar-refractivity contribution in [3.63, 3.8) is 0 Å². The normalized spacial score (nSPS) is 10.8. The fraction of sp³-hybridized carbons (Fsp3) is 0.375. The Morgan fingerprint density at radius 1 is 1.42 bits per heavy atom. The summed E-state index contributed by atoms with van der Waals surface area (Å²) in [7, 11) is 0. The lowest BCUT2D eigenvalue weighted by molar-refractivity contribution is -0.139. The molecule has 4 heteroatoms. The van der Waals surface area contributed by atoms with Crippen LogP contribution < -0.4 is 0 Å². The van der Waals surface area contributed by atoms with E-state index in [9.17, 15) is 4.79 Å². The highest BCUT2D eigenvalue weighted by atomic mass is 35.5. The van der Waals surface area contributed by atoms with E-state index in [0.29, 0.717) is 0 Å². The maximum Gasteiger partial charge on any atom is 0.302 e. The molecule has 0 fully saturated rings. The highest BCUT2D eigenvalue weighted by Gasteiger charge is 1.90. The predicted octanol–water partition coefficient (Wildman–Crippen LogP) is 2.81. The van der Waals surface area contributed by atoms with Crippen LogP contribution in [0.25, 0.3) is 0 Å². The number of hydrogen-bond donors (Lipinski definition) is 0. The van der Waals surface area contributed by atoms with E-state index < -0.39 is 0 Å². The summed E-state index contributed by atoms with van der Waals surface area (Å²) in [5.74, 6) is -0.306. The van der Waals surface area contributed by atoms with Crippen molar-refractivity contribution in [3.05, 3.63) is 22.2 Å². The molecule has 0 saturated carbocycles. The van der Waals surface area contributed by atoms with Gasteiger partial charge in [0.2, 0.25) is 0 Å². The first kappa shape index (κ1) is 11.5. The summed E-state index contributed by atoms with van der Waals surface area (Å²) in [5, 5.41) is 0. The zero-order chi connectivity index (χ0) is 9.56. The van der Waals surface area contributed by atoms with Crippen LogP contribution in [0.2, 0.25) is 0 Å². The molecule has 0 rings (SSSR count). The van der Waals surface area contributed by atoms with Crippen molar-refractivity contribution in [2.45, 2.75) is 13.8 Å². The minimum atomic E-state index is -0.306. The van der Waals surface area contributed by atoms with E-state index in [-0.39, 0.29) is 17.1 Å². The van der Waals surface area contributed by atoms with E-state index in [0.717, 1.165) is 5.57 Å². The Kier molecular flexibility index (Phi) is 5.85. The van der Waals surface area contributed by atoms with Gasteiger partial charge in [0.25, 0.3) is 0 Å². The quantitative estimate of drug-likeness (QED) is 0.527. The largest absolute Gasteiger partial charge is 0.462 e. The molecule has 0 aliphatic carbocycles. The van der Waals surface area contributed by atoms with Crippen molar-refractivity contribution in [1.82, 2.24) is 0 Å². The number of ether oxygens (including phenoxy) is 1. The lowest BCUT2D eigenvalue weighted by atomic mass is 10.3. The molecular weight excluding hydrogens is 199 g/mol. The third-order valence-electron chi connectivity index (χ3n) is 1.03. The van der Waals surface area contributed by atoms with Gasteiger partial charge in [-0.15, -0.1) is 0 Å². The number of halogens is 2. The summed E-state index contributed by atoms with van der Waals surface area (Å²) in [4.78, 5) is 10.3. The van der Waals surface area contributed by atoms with Crippen molar-refractivity contribution in [2.75, 3.05) is 6.61 Å². The average Bonchev–Trinajstić information content (AvgIpc) is 1.84. The summed E-state index contributed by atoms with van der Waals surface area (Å²) in [6, 6.07) is 0. The topological polar surface area (TPSA) is 26.3 Å². The highest BCUT2D eigenvalue weighted by Crippen LogP contribution is 2.10. The Labute approximate surface area is 81.8 Å². The molecule has 0 amide bonds. The highest BCUT2D eigenvalue weighted by molar-refractivity contribution is 6.56. The van der Waals surface area contributed by atoms with Crippen LogP contribution in [-0.4, -0.2) is 12.6 Å². The van der Waals surface area contributed by atoms with Crippen LogP contribution in [0.3, 0.4) is 0 Å². The van der Waals surface area contributed by atoms with Crippen LogP contribution >= 0.6 is 23.2 Å². The molecule has 0 atom stereocenters. The Bertz CT molecular complexity index is 215. The van der Waals surface area contributed by atoms with Gasteiger partial charge in [0.05, 0.1) is 0 Å². The number of hydrogen-bond acceptors (Lipinski definition) is 2. The van der Waals surface area contributed by atoms with Crippen LogP contribution in [0.15, 0.2) is 22.2 Å². The van der Waals surface area contributed by atoms with Crippen LogP contribution in [0.4, 0.5) is 0 Å². The number of carbonyl (C=O) groups excluding carboxylic acids is 1. The van der Waals surface area contributed by atoms with E-state index in [1.165, 1.54) is 6.92 Å². The third kappa shape index (κ3) is 7.63. The fourth-order valence-corrected chi connectivity index (χ4v) is 0.866. The van der Waals surface area contributed by atoms with Crippen molar-refractivity contribution < 1.29 is 9.53 Å². The molecule has 0 aliphatic rings. The summed E-state index contributed by atoms with van der Waals surface area (Å²) in [6.45, 7) is 3.42. The zero-order valence-electron chi connectivity index (χ0n) is 6.93. The molecule has 0 unspecified atom stereocenters. The standard InChI is InChI=1S/C8H10Cl2O2/c1-6(5-8(9)10)3-4-12-7(2)11/h3,5H,4H2,1-2H3. The van der Waals surface area contributed by atoms with Gasteiger partial charge in [0.15, 0.2) is 0 Å². The lowest BCUT2D eigenvalue weighted by Crippen LogP contribution is -1.97. The summed E-state index contributed by atoms with van der Waals surface area (Å²) in [6.07, 6.45) is 3.29. The zero-order valence-corrected chi connectivity index (χ0v) is 8.45. The summed E-state index contributed by atoms with van der Waals surface area (Å²) in [5.41, 5.74) is 0.858. The van der Waals surface area contributed by atoms with Crippen molar-refractivity contribution in [3.8, 4) is 0 Å². The molecule has 0 heterocycles. The fourth-order valence-electron chi connectivity index (χ4n) is 0.521. The van der Waals surface area contributed by atoms with Gasteiger partial charge in [-0.2, -0.15) is 0 Å². The number of carbonyl (C=O) groups is 1. The van der Waals surface area contributed by atoms with Gasteiger partial charge in [-0.1, -0.05) is 23.2 Å². The van der Waals surface area contributed by atoms with Gasteiger partial charge >= 0.3 is 5.97 Å². The van der Waals surface area contributed by atoms with E-state index in [2.05, 4.69) is 4.74 Å². The smallest absolute Gasteiger partial charge is 0.302 e. The first-order valence-electron chi connectivity index (χ1n) is 3.35. The SMILES string of the molecule is CC(=O)OCC=C(C)C=C(Cl)Cl. The van der Waals surface area contributed by atoms with Crippen molar-refractivity contribution in [2.24, 2.45) is 0 Å². The van der Waals surface area contributed by atoms with E-state index in [1.54, 1.807) is 12.2 Å². The van der Waals surface area contributed by atoms with Gasteiger partial charge in [-0.3, -0.25) is 4.79 Å². The molecule has 0 aliphatic heterocycles. The van der Waals surface area contributed by atoms with Gasteiger partial charge in [-0.05, 0) is 24.6 Å².